The van der Waals surface area contributed by atoms with E-state index in [0.29, 0.717) is 28.8 Å². The number of aromatic nitrogens is 3. The van der Waals surface area contributed by atoms with Crippen LogP contribution in [0, 0.1) is 0 Å². The monoisotopic (exact) mass is 390 g/mol. The normalized spacial score (nSPS) is 11.7. The van der Waals surface area contributed by atoms with Crippen LogP contribution >= 0.6 is 11.8 Å². The molecule has 1 N–H and O–H groups in total. The van der Waals surface area contributed by atoms with Gasteiger partial charge in [-0.25, -0.2) is 0 Å². The Balaban J connectivity index is 2.03. The van der Waals surface area contributed by atoms with Gasteiger partial charge in [0.1, 0.15) is 12.2 Å². The van der Waals surface area contributed by atoms with Gasteiger partial charge in [0.15, 0.2) is 10.9 Å². The Hall–Kier alpha value is -2.68. The molecule has 0 spiro atoms. The van der Waals surface area contributed by atoms with Crippen LogP contribution in [-0.4, -0.2) is 44.3 Å². The first kappa shape index (κ1) is 20.6. The quantitative estimate of drug-likeness (QED) is 0.419. The van der Waals surface area contributed by atoms with Crippen molar-refractivity contribution < 1.29 is 19.1 Å². The van der Waals surface area contributed by atoms with Crippen LogP contribution in [0.5, 0.6) is 0 Å². The van der Waals surface area contributed by atoms with Gasteiger partial charge in [-0.2, -0.15) is 0 Å². The molecule has 27 heavy (non-hydrogen) atoms. The lowest BCUT2D eigenvalue weighted by Crippen LogP contribution is -2.15. The van der Waals surface area contributed by atoms with E-state index in [-0.39, 0.29) is 24.1 Å². The summed E-state index contributed by atoms with van der Waals surface area (Å²) in [6.07, 6.45) is 0.0326. The highest BCUT2D eigenvalue weighted by Gasteiger charge is 2.21. The van der Waals surface area contributed by atoms with Gasteiger partial charge in [-0.15, -0.1) is 10.2 Å². The van der Waals surface area contributed by atoms with Crippen molar-refractivity contribution in [1.29, 1.82) is 0 Å². The second-order valence-corrected chi connectivity index (χ2v) is 7.13. The van der Waals surface area contributed by atoms with E-state index >= 15 is 0 Å². The summed E-state index contributed by atoms with van der Waals surface area (Å²) in [7, 11) is 1.75. The summed E-state index contributed by atoms with van der Waals surface area (Å²) in [5.74, 6) is -0.119. The van der Waals surface area contributed by atoms with E-state index in [1.807, 2.05) is 0 Å². The van der Waals surface area contributed by atoms with Crippen LogP contribution < -0.4 is 5.32 Å². The molecule has 1 aromatic carbocycles. The minimum Gasteiger partial charge on any atom is -0.466 e. The van der Waals surface area contributed by atoms with E-state index in [1.54, 1.807) is 49.7 Å². The minimum atomic E-state index is -0.394. The summed E-state index contributed by atoms with van der Waals surface area (Å²) < 4.78 is 6.60. The summed E-state index contributed by atoms with van der Waals surface area (Å²) in [5.41, 5.74) is 1.18. The fraction of sp³-hybridized carbons (Fsp3) is 0.389. The van der Waals surface area contributed by atoms with Crippen LogP contribution in [0.3, 0.4) is 0 Å². The standard InChI is InChI=1S/C18H22N4O4S/c1-5-26-16(24)10-15-20-21-18(22(15)4)27-11(2)17(25)13-6-8-14(9-7-13)19-12(3)23/h6-9,11H,5,10H2,1-4H3,(H,19,23)/t11-/m0/s1. The highest BCUT2D eigenvalue weighted by atomic mass is 32.2. The Kier molecular flexibility index (Phi) is 7.12. The third-order valence-corrected chi connectivity index (χ3v) is 4.81. The SMILES string of the molecule is CCOC(=O)Cc1nnc(S[C@@H](C)C(=O)c2ccc(NC(C)=O)cc2)n1C. The summed E-state index contributed by atoms with van der Waals surface area (Å²) in [6.45, 7) is 5.26. The molecule has 0 aliphatic heterocycles. The van der Waals surface area contributed by atoms with Crippen molar-refractivity contribution in [2.24, 2.45) is 7.05 Å². The highest BCUT2D eigenvalue weighted by Crippen LogP contribution is 2.25. The first-order valence-electron chi connectivity index (χ1n) is 8.44. The van der Waals surface area contributed by atoms with Crippen molar-refractivity contribution in [1.82, 2.24) is 14.8 Å². The summed E-state index contributed by atoms with van der Waals surface area (Å²) in [6, 6.07) is 6.72. The Bertz CT molecular complexity index is 832. The maximum absolute atomic E-state index is 12.6. The number of Topliss-reactive ketones (excluding diaryl/α,β-unsaturated/α-hetero) is 1. The third kappa shape index (κ3) is 5.65. The first-order chi connectivity index (χ1) is 12.8. The Morgan fingerprint density at radius 3 is 2.48 bits per heavy atom. The molecule has 0 unspecified atom stereocenters. The predicted molar refractivity (Wildman–Crippen MR) is 102 cm³/mol. The van der Waals surface area contributed by atoms with Crippen LogP contribution in [0.15, 0.2) is 29.4 Å². The Labute approximate surface area is 161 Å². The van der Waals surface area contributed by atoms with Gasteiger partial charge < -0.3 is 14.6 Å². The van der Waals surface area contributed by atoms with Gasteiger partial charge in [0.05, 0.1) is 11.9 Å². The van der Waals surface area contributed by atoms with Crippen molar-refractivity contribution in [2.45, 2.75) is 37.6 Å². The molecule has 1 heterocycles. The van der Waals surface area contributed by atoms with Gasteiger partial charge >= 0.3 is 5.97 Å². The maximum Gasteiger partial charge on any atom is 0.313 e. The molecule has 0 aliphatic carbocycles. The van der Waals surface area contributed by atoms with E-state index in [2.05, 4.69) is 15.5 Å². The van der Waals surface area contributed by atoms with Crippen molar-refractivity contribution in [3.8, 4) is 0 Å². The van der Waals surface area contributed by atoms with E-state index < -0.39 is 5.25 Å². The lowest BCUT2D eigenvalue weighted by atomic mass is 10.1. The zero-order valence-corrected chi connectivity index (χ0v) is 16.5. The van der Waals surface area contributed by atoms with Crippen LogP contribution in [0.2, 0.25) is 0 Å². The second-order valence-electron chi connectivity index (χ2n) is 5.82. The number of rotatable bonds is 8. The molecule has 2 aromatic rings. The van der Waals surface area contributed by atoms with Crippen molar-refractivity contribution >= 4 is 35.1 Å². The smallest absolute Gasteiger partial charge is 0.313 e. The summed E-state index contributed by atoms with van der Waals surface area (Å²) >= 11 is 1.27. The fourth-order valence-corrected chi connectivity index (χ4v) is 3.22. The van der Waals surface area contributed by atoms with Gasteiger partial charge in [-0.3, -0.25) is 14.4 Å². The molecule has 0 fully saturated rings. The van der Waals surface area contributed by atoms with Crippen LogP contribution in [0.4, 0.5) is 5.69 Å². The number of ketones is 1. The molecule has 0 saturated carbocycles. The number of ether oxygens (including phenoxy) is 1. The van der Waals surface area contributed by atoms with Crippen molar-refractivity contribution in [3.05, 3.63) is 35.7 Å². The molecule has 2 rings (SSSR count). The molecule has 8 nitrogen and oxygen atoms in total. The number of benzene rings is 1. The summed E-state index contributed by atoms with van der Waals surface area (Å²) in [4.78, 5) is 35.3. The lowest BCUT2D eigenvalue weighted by Gasteiger charge is -2.11. The number of carbonyl (C=O) groups is 3. The molecule has 0 saturated heterocycles. The Morgan fingerprint density at radius 2 is 1.89 bits per heavy atom. The van der Waals surface area contributed by atoms with Gasteiger partial charge in [0, 0.05) is 25.2 Å². The van der Waals surface area contributed by atoms with Gasteiger partial charge in [0.25, 0.3) is 0 Å². The molecule has 1 amide bonds. The number of hydrogen-bond donors (Lipinski definition) is 1. The van der Waals surface area contributed by atoms with Crippen LogP contribution in [-0.2, 0) is 27.8 Å². The van der Waals surface area contributed by atoms with E-state index in [1.165, 1.54) is 18.7 Å². The topological polar surface area (TPSA) is 103 Å². The zero-order chi connectivity index (χ0) is 20.0. The molecule has 0 aliphatic rings. The highest BCUT2D eigenvalue weighted by molar-refractivity contribution is 8.00. The number of carbonyl (C=O) groups excluding carboxylic acids is 3. The molecular weight excluding hydrogens is 368 g/mol. The second kappa shape index (κ2) is 9.31. The van der Waals surface area contributed by atoms with Gasteiger partial charge in [-0.1, -0.05) is 11.8 Å². The molecule has 0 radical (unpaired) electrons. The first-order valence-corrected chi connectivity index (χ1v) is 9.32. The molecule has 144 valence electrons. The fourth-order valence-electron chi connectivity index (χ4n) is 2.31. The minimum absolute atomic E-state index is 0.0326. The van der Waals surface area contributed by atoms with Crippen molar-refractivity contribution in [3.63, 3.8) is 0 Å². The number of hydrogen-bond acceptors (Lipinski definition) is 7. The number of nitrogens with zero attached hydrogens (tertiary/aromatic N) is 3. The van der Waals surface area contributed by atoms with Gasteiger partial charge in [0.2, 0.25) is 5.91 Å². The molecule has 0 bridgehead atoms. The zero-order valence-electron chi connectivity index (χ0n) is 15.7. The van der Waals surface area contributed by atoms with Crippen molar-refractivity contribution in [2.75, 3.05) is 11.9 Å². The number of nitrogens with one attached hydrogen (secondary N) is 1. The predicted octanol–water partition coefficient (Wildman–Crippen LogP) is 2.24. The van der Waals surface area contributed by atoms with Gasteiger partial charge in [-0.05, 0) is 38.1 Å². The molecular formula is C18H22N4O4S. The Morgan fingerprint density at radius 1 is 1.22 bits per heavy atom. The number of esters is 1. The molecule has 9 heteroatoms. The number of anilines is 1. The van der Waals surface area contributed by atoms with Crippen LogP contribution in [0.25, 0.3) is 0 Å². The maximum atomic E-state index is 12.6. The molecule has 1 atom stereocenters. The number of thioether (sulfide) groups is 1. The van der Waals surface area contributed by atoms with E-state index in [4.69, 9.17) is 4.74 Å². The van der Waals surface area contributed by atoms with E-state index in [0.717, 1.165) is 0 Å². The average molecular weight is 390 g/mol. The third-order valence-electron chi connectivity index (χ3n) is 3.67. The average Bonchev–Trinajstić information content (AvgIpc) is 2.94. The number of amides is 1. The van der Waals surface area contributed by atoms with E-state index in [9.17, 15) is 14.4 Å². The summed E-state index contributed by atoms with van der Waals surface area (Å²) in [5, 5.41) is 10.9. The molecule has 1 aromatic heterocycles. The largest absolute Gasteiger partial charge is 0.466 e. The van der Waals surface area contributed by atoms with Crippen LogP contribution in [0.1, 0.15) is 37.0 Å². The lowest BCUT2D eigenvalue weighted by molar-refractivity contribution is -0.142.